The molecule has 1 aliphatic rings. The Bertz CT molecular complexity index is 899. The first-order valence-electron chi connectivity index (χ1n) is 9.31. The predicted octanol–water partition coefficient (Wildman–Crippen LogP) is 1.73. The molecule has 1 amide bonds. The van der Waals surface area contributed by atoms with Crippen molar-refractivity contribution in [2.24, 2.45) is 5.92 Å². The molecule has 0 saturated carbocycles. The van der Waals surface area contributed by atoms with Gasteiger partial charge in [0.25, 0.3) is 10.2 Å². The Morgan fingerprint density at radius 1 is 1.30 bits per heavy atom. The van der Waals surface area contributed by atoms with E-state index < -0.39 is 16.3 Å². The lowest BCUT2D eigenvalue weighted by atomic mass is 9.98. The number of hydrogen-bond donors (Lipinski definition) is 2. The molecular weight excluding hydrogens is 364 g/mol. The molecule has 7 nitrogen and oxygen atoms in total. The van der Waals surface area contributed by atoms with Crippen molar-refractivity contribution >= 4 is 27.0 Å². The van der Waals surface area contributed by atoms with Gasteiger partial charge in [-0.1, -0.05) is 25.1 Å². The van der Waals surface area contributed by atoms with Gasteiger partial charge in [-0.2, -0.15) is 17.4 Å². The Labute approximate surface area is 160 Å². The molecule has 1 aromatic heterocycles. The van der Waals surface area contributed by atoms with Gasteiger partial charge in [0.05, 0.1) is 0 Å². The van der Waals surface area contributed by atoms with E-state index in [1.165, 1.54) is 14.1 Å². The van der Waals surface area contributed by atoms with Crippen LogP contribution in [0.4, 0.5) is 0 Å². The highest BCUT2D eigenvalue weighted by atomic mass is 32.2. The number of para-hydroxylation sites is 1. The van der Waals surface area contributed by atoms with Gasteiger partial charge in [0, 0.05) is 44.3 Å². The van der Waals surface area contributed by atoms with Crippen LogP contribution in [0.1, 0.15) is 25.3 Å². The van der Waals surface area contributed by atoms with Crippen LogP contribution >= 0.6 is 0 Å². The molecular formula is C19H28N4O3S. The highest BCUT2D eigenvalue weighted by Gasteiger charge is 2.31. The van der Waals surface area contributed by atoms with Crippen molar-refractivity contribution in [1.82, 2.24) is 18.9 Å². The summed E-state index contributed by atoms with van der Waals surface area (Å²) < 4.78 is 28.5. The summed E-state index contributed by atoms with van der Waals surface area (Å²) in [5, 5.41) is 1.01. The summed E-state index contributed by atoms with van der Waals surface area (Å²) >= 11 is 0. The SMILES string of the molecule is CC1CCN(C(=O)[C@H](Cc2c[nH]c3ccccc23)NS(=O)(=O)N(C)C)CC1. The highest BCUT2D eigenvalue weighted by molar-refractivity contribution is 7.87. The van der Waals surface area contributed by atoms with Gasteiger partial charge in [-0.15, -0.1) is 0 Å². The van der Waals surface area contributed by atoms with Crippen molar-refractivity contribution in [2.45, 2.75) is 32.2 Å². The van der Waals surface area contributed by atoms with Crippen LogP contribution in [0.3, 0.4) is 0 Å². The lowest BCUT2D eigenvalue weighted by molar-refractivity contribution is -0.134. The van der Waals surface area contributed by atoms with Gasteiger partial charge in [0.2, 0.25) is 5.91 Å². The van der Waals surface area contributed by atoms with Gasteiger partial charge >= 0.3 is 0 Å². The van der Waals surface area contributed by atoms with Gasteiger partial charge in [-0.3, -0.25) is 4.79 Å². The molecule has 0 aliphatic carbocycles. The summed E-state index contributed by atoms with van der Waals surface area (Å²) in [5.41, 5.74) is 1.90. The molecule has 8 heteroatoms. The van der Waals surface area contributed by atoms with Crippen molar-refractivity contribution in [1.29, 1.82) is 0 Å². The molecule has 2 heterocycles. The number of H-pyrrole nitrogens is 1. The Balaban J connectivity index is 1.86. The normalized spacial score (nSPS) is 17.6. The summed E-state index contributed by atoms with van der Waals surface area (Å²) in [5.74, 6) is 0.442. The van der Waals surface area contributed by atoms with E-state index in [-0.39, 0.29) is 5.91 Å². The molecule has 1 fully saturated rings. The van der Waals surface area contributed by atoms with Crippen LogP contribution < -0.4 is 4.72 Å². The fourth-order valence-corrected chi connectivity index (χ4v) is 4.19. The van der Waals surface area contributed by atoms with Crippen LogP contribution in [0.5, 0.6) is 0 Å². The van der Waals surface area contributed by atoms with Crippen LogP contribution in [0.2, 0.25) is 0 Å². The Hall–Kier alpha value is -1.90. The minimum absolute atomic E-state index is 0.155. The van der Waals surface area contributed by atoms with Crippen LogP contribution in [-0.4, -0.2) is 61.7 Å². The molecule has 3 rings (SSSR count). The van der Waals surface area contributed by atoms with Gasteiger partial charge < -0.3 is 9.88 Å². The maximum absolute atomic E-state index is 13.1. The fraction of sp³-hybridized carbons (Fsp3) is 0.526. The maximum atomic E-state index is 13.1. The lowest BCUT2D eigenvalue weighted by Crippen LogP contribution is -2.53. The summed E-state index contributed by atoms with van der Waals surface area (Å²) in [6.07, 6.45) is 4.06. The number of fused-ring (bicyclic) bond motifs is 1. The Kier molecular flexibility index (Phi) is 5.88. The topological polar surface area (TPSA) is 85.5 Å². The largest absolute Gasteiger partial charge is 0.361 e. The third-order valence-electron chi connectivity index (χ3n) is 5.26. The number of nitrogens with zero attached hydrogens (tertiary/aromatic N) is 2. The van der Waals surface area contributed by atoms with E-state index in [2.05, 4.69) is 16.6 Å². The van der Waals surface area contributed by atoms with Crippen LogP contribution in [0.25, 0.3) is 10.9 Å². The molecule has 2 N–H and O–H groups in total. The second-order valence-electron chi connectivity index (χ2n) is 7.53. The highest BCUT2D eigenvalue weighted by Crippen LogP contribution is 2.22. The molecule has 0 bridgehead atoms. The number of carbonyl (C=O) groups excluding carboxylic acids is 1. The van der Waals surface area contributed by atoms with Gasteiger partial charge in [0.15, 0.2) is 0 Å². The van der Waals surface area contributed by atoms with E-state index in [1.807, 2.05) is 30.5 Å². The fourth-order valence-electron chi connectivity index (χ4n) is 3.43. The summed E-state index contributed by atoms with van der Waals surface area (Å²) in [6.45, 7) is 3.53. The van der Waals surface area contributed by atoms with Crippen LogP contribution in [-0.2, 0) is 21.4 Å². The second-order valence-corrected chi connectivity index (χ2v) is 9.45. The number of amides is 1. The lowest BCUT2D eigenvalue weighted by Gasteiger charge is -2.33. The number of aromatic nitrogens is 1. The molecule has 0 spiro atoms. The molecule has 1 saturated heterocycles. The van der Waals surface area contributed by atoms with E-state index in [1.54, 1.807) is 4.90 Å². The quantitative estimate of drug-likeness (QED) is 0.785. The number of likely N-dealkylation sites (tertiary alicyclic amines) is 1. The number of hydrogen-bond acceptors (Lipinski definition) is 3. The van der Waals surface area contributed by atoms with E-state index in [9.17, 15) is 13.2 Å². The van der Waals surface area contributed by atoms with Gasteiger partial charge in [-0.05, 0) is 36.8 Å². The first-order valence-corrected chi connectivity index (χ1v) is 10.8. The average molecular weight is 393 g/mol. The number of nitrogens with one attached hydrogen (secondary N) is 2. The first-order chi connectivity index (χ1) is 12.8. The average Bonchev–Trinajstić information content (AvgIpc) is 3.04. The Morgan fingerprint density at radius 2 is 1.96 bits per heavy atom. The van der Waals surface area contributed by atoms with E-state index in [4.69, 9.17) is 0 Å². The zero-order valence-electron chi connectivity index (χ0n) is 16.1. The van der Waals surface area contributed by atoms with Gasteiger partial charge in [-0.25, -0.2) is 0 Å². The summed E-state index contributed by atoms with van der Waals surface area (Å²) in [7, 11) is -0.810. The summed E-state index contributed by atoms with van der Waals surface area (Å²) in [6, 6.07) is 6.99. The minimum Gasteiger partial charge on any atom is -0.361 e. The first kappa shape index (κ1) is 19.9. The zero-order chi connectivity index (χ0) is 19.6. The van der Waals surface area contributed by atoms with E-state index in [0.717, 1.165) is 33.6 Å². The van der Waals surface area contributed by atoms with Gasteiger partial charge in [0.1, 0.15) is 6.04 Å². The summed E-state index contributed by atoms with van der Waals surface area (Å²) in [4.78, 5) is 18.1. The maximum Gasteiger partial charge on any atom is 0.279 e. The van der Waals surface area contributed by atoms with Crippen molar-refractivity contribution in [3.05, 3.63) is 36.0 Å². The zero-order valence-corrected chi connectivity index (χ0v) is 16.9. The van der Waals surface area contributed by atoms with Crippen molar-refractivity contribution < 1.29 is 13.2 Å². The van der Waals surface area contributed by atoms with Crippen LogP contribution in [0, 0.1) is 5.92 Å². The molecule has 1 aliphatic heterocycles. The molecule has 27 heavy (non-hydrogen) atoms. The Morgan fingerprint density at radius 3 is 2.63 bits per heavy atom. The molecule has 148 valence electrons. The third-order valence-corrected chi connectivity index (χ3v) is 6.81. The molecule has 0 radical (unpaired) electrons. The number of piperidine rings is 1. The molecule has 1 atom stereocenters. The number of rotatable bonds is 6. The standard InChI is InChI=1S/C19H28N4O3S/c1-14-8-10-23(11-9-14)19(24)18(21-27(25,26)22(2)3)12-15-13-20-17-7-5-4-6-16(15)17/h4-7,13-14,18,20-21H,8-12H2,1-3H3/t18-/m0/s1. The van der Waals surface area contributed by atoms with E-state index in [0.29, 0.717) is 25.4 Å². The second kappa shape index (κ2) is 8.00. The predicted molar refractivity (Wildman–Crippen MR) is 107 cm³/mol. The van der Waals surface area contributed by atoms with Crippen molar-refractivity contribution in [3.8, 4) is 0 Å². The number of carbonyl (C=O) groups is 1. The monoisotopic (exact) mass is 392 g/mol. The number of aromatic amines is 1. The van der Waals surface area contributed by atoms with E-state index >= 15 is 0 Å². The van der Waals surface area contributed by atoms with Crippen molar-refractivity contribution in [3.63, 3.8) is 0 Å². The molecule has 1 aromatic carbocycles. The van der Waals surface area contributed by atoms with Crippen LogP contribution in [0.15, 0.2) is 30.5 Å². The van der Waals surface area contributed by atoms with Crippen molar-refractivity contribution in [2.75, 3.05) is 27.2 Å². The minimum atomic E-state index is -3.72. The number of benzene rings is 1. The smallest absolute Gasteiger partial charge is 0.279 e. The third kappa shape index (κ3) is 4.51. The molecule has 2 aromatic rings. The molecule has 0 unspecified atom stereocenters.